The summed E-state index contributed by atoms with van der Waals surface area (Å²) in [7, 11) is 0. The molecule has 0 saturated carbocycles. The Labute approximate surface area is 149 Å². The van der Waals surface area contributed by atoms with Crippen LogP contribution in [0.3, 0.4) is 0 Å². The summed E-state index contributed by atoms with van der Waals surface area (Å²) in [6.07, 6.45) is 1.14. The number of hydrogen-bond acceptors (Lipinski definition) is 6. The van der Waals surface area contributed by atoms with Crippen LogP contribution in [0.5, 0.6) is 0 Å². The van der Waals surface area contributed by atoms with Gasteiger partial charge in [0.15, 0.2) is 5.69 Å². The molecule has 1 atom stereocenters. The van der Waals surface area contributed by atoms with Gasteiger partial charge in [0.1, 0.15) is 0 Å². The molecule has 0 aliphatic carbocycles. The normalized spacial score (nSPS) is 11.8. The molecule has 0 aliphatic rings. The van der Waals surface area contributed by atoms with Gasteiger partial charge in [-0.05, 0) is 19.4 Å². The molecule has 0 fully saturated rings. The monoisotopic (exact) mass is 361 g/mol. The third-order valence-corrected chi connectivity index (χ3v) is 3.89. The number of aromatic nitrogens is 3. The number of hydrogen-bond donors (Lipinski definition) is 2. The average molecular weight is 361 g/mol. The van der Waals surface area contributed by atoms with Gasteiger partial charge in [0.2, 0.25) is 0 Å². The van der Waals surface area contributed by atoms with Gasteiger partial charge in [-0.25, -0.2) is 4.68 Å². The van der Waals surface area contributed by atoms with E-state index in [9.17, 15) is 19.7 Å². The fraction of sp³-hybridized carbons (Fsp3) is 0.375. The van der Waals surface area contributed by atoms with E-state index in [-0.39, 0.29) is 17.9 Å². The highest BCUT2D eigenvalue weighted by Gasteiger charge is 2.21. The lowest BCUT2D eigenvalue weighted by Gasteiger charge is -2.11. The van der Waals surface area contributed by atoms with Crippen molar-refractivity contribution >= 4 is 17.6 Å². The van der Waals surface area contributed by atoms with E-state index in [2.05, 4.69) is 15.6 Å². The first kappa shape index (κ1) is 19.0. The van der Waals surface area contributed by atoms with E-state index >= 15 is 0 Å². The van der Waals surface area contributed by atoms with E-state index < -0.39 is 22.7 Å². The van der Waals surface area contributed by atoms with Crippen molar-refractivity contribution in [2.75, 3.05) is 6.54 Å². The number of carboxylic acids is 1. The zero-order valence-electron chi connectivity index (χ0n) is 14.4. The number of rotatable bonds is 8. The molecule has 0 saturated heterocycles. The summed E-state index contributed by atoms with van der Waals surface area (Å²) in [6.45, 7) is 3.46. The van der Waals surface area contributed by atoms with Gasteiger partial charge in [-0.2, -0.15) is 0 Å². The Hall–Kier alpha value is -3.30. The van der Waals surface area contributed by atoms with Gasteiger partial charge in [-0.1, -0.05) is 24.6 Å². The number of nitrogens with one attached hydrogen (secondary N) is 1. The summed E-state index contributed by atoms with van der Waals surface area (Å²) in [5, 5.41) is 30.3. The molecule has 1 heterocycles. The van der Waals surface area contributed by atoms with Crippen LogP contribution in [0.15, 0.2) is 24.3 Å². The Bertz CT molecular complexity index is 832. The highest BCUT2D eigenvalue weighted by Crippen LogP contribution is 2.18. The zero-order chi connectivity index (χ0) is 19.3. The van der Waals surface area contributed by atoms with Crippen molar-refractivity contribution in [3.8, 4) is 5.69 Å². The highest BCUT2D eigenvalue weighted by atomic mass is 16.6. The van der Waals surface area contributed by atoms with Crippen molar-refractivity contribution in [3.05, 3.63) is 45.8 Å². The lowest BCUT2D eigenvalue weighted by molar-refractivity contribution is -0.384. The van der Waals surface area contributed by atoms with E-state index in [1.54, 1.807) is 13.0 Å². The molecule has 0 radical (unpaired) electrons. The van der Waals surface area contributed by atoms with Crippen LogP contribution in [0.25, 0.3) is 5.69 Å². The molecule has 0 aliphatic heterocycles. The van der Waals surface area contributed by atoms with E-state index in [1.165, 1.54) is 22.9 Å². The van der Waals surface area contributed by atoms with Crippen LogP contribution in [0.1, 0.15) is 35.9 Å². The number of carbonyl (C=O) groups is 2. The third kappa shape index (κ3) is 4.21. The van der Waals surface area contributed by atoms with Crippen molar-refractivity contribution in [2.24, 2.45) is 5.92 Å². The lowest BCUT2D eigenvalue weighted by atomic mass is 10.0. The van der Waals surface area contributed by atoms with Crippen LogP contribution in [-0.4, -0.2) is 43.4 Å². The predicted octanol–water partition coefficient (Wildman–Crippen LogP) is 1.71. The Morgan fingerprint density at radius 3 is 2.77 bits per heavy atom. The van der Waals surface area contributed by atoms with Crippen LogP contribution in [0.2, 0.25) is 0 Å². The highest BCUT2D eigenvalue weighted by molar-refractivity contribution is 5.93. The fourth-order valence-electron chi connectivity index (χ4n) is 2.48. The molecule has 138 valence electrons. The second kappa shape index (κ2) is 8.19. The number of nitrogens with zero attached hydrogens (tertiary/aromatic N) is 4. The fourth-order valence-corrected chi connectivity index (χ4v) is 2.48. The van der Waals surface area contributed by atoms with Crippen LogP contribution >= 0.6 is 0 Å². The maximum atomic E-state index is 12.3. The van der Waals surface area contributed by atoms with Gasteiger partial charge in [-0.3, -0.25) is 19.7 Å². The SMILES string of the molecule is CCCC(CNC(=O)c1nnn(-c2cccc([N+](=O)[O-])c2)c1C)C(=O)O. The molecule has 0 spiro atoms. The molecule has 1 unspecified atom stereocenters. The minimum absolute atomic E-state index is 0.00881. The molecular formula is C16H19N5O5. The summed E-state index contributed by atoms with van der Waals surface area (Å²) < 4.78 is 1.32. The van der Waals surface area contributed by atoms with Crippen molar-refractivity contribution in [2.45, 2.75) is 26.7 Å². The third-order valence-electron chi connectivity index (χ3n) is 3.89. The summed E-state index contributed by atoms with van der Waals surface area (Å²) in [4.78, 5) is 33.8. The topological polar surface area (TPSA) is 140 Å². The van der Waals surface area contributed by atoms with Gasteiger partial charge >= 0.3 is 5.97 Å². The molecule has 2 rings (SSSR count). The molecular weight excluding hydrogens is 342 g/mol. The van der Waals surface area contributed by atoms with E-state index in [1.807, 2.05) is 6.92 Å². The van der Waals surface area contributed by atoms with Gasteiger partial charge < -0.3 is 10.4 Å². The molecule has 10 nitrogen and oxygen atoms in total. The van der Waals surface area contributed by atoms with Gasteiger partial charge in [0, 0.05) is 18.7 Å². The van der Waals surface area contributed by atoms with Gasteiger partial charge in [-0.15, -0.1) is 5.10 Å². The van der Waals surface area contributed by atoms with E-state index in [0.717, 1.165) is 0 Å². The Morgan fingerprint density at radius 1 is 1.42 bits per heavy atom. The quantitative estimate of drug-likeness (QED) is 0.538. The molecule has 1 aromatic carbocycles. The van der Waals surface area contributed by atoms with E-state index in [4.69, 9.17) is 5.11 Å². The number of amides is 1. The number of aliphatic carboxylic acids is 1. The second-order valence-electron chi connectivity index (χ2n) is 5.75. The first-order chi connectivity index (χ1) is 12.3. The van der Waals surface area contributed by atoms with Crippen molar-refractivity contribution in [3.63, 3.8) is 0 Å². The van der Waals surface area contributed by atoms with Crippen molar-refractivity contribution in [1.29, 1.82) is 0 Å². The second-order valence-corrected chi connectivity index (χ2v) is 5.75. The predicted molar refractivity (Wildman–Crippen MR) is 91.1 cm³/mol. The molecule has 1 aromatic heterocycles. The molecule has 2 aromatic rings. The van der Waals surface area contributed by atoms with Crippen LogP contribution < -0.4 is 5.32 Å². The average Bonchev–Trinajstić information content (AvgIpc) is 2.99. The summed E-state index contributed by atoms with van der Waals surface area (Å²) >= 11 is 0. The summed E-state index contributed by atoms with van der Waals surface area (Å²) in [6, 6.07) is 5.79. The van der Waals surface area contributed by atoms with Gasteiger partial charge in [0.05, 0.1) is 22.2 Å². The number of carbonyl (C=O) groups excluding carboxylic acids is 1. The lowest BCUT2D eigenvalue weighted by Crippen LogP contribution is -2.33. The standard InChI is InChI=1S/C16H19N5O5/c1-3-5-11(16(23)24)9-17-15(22)14-10(2)20(19-18-14)12-6-4-7-13(8-12)21(25)26/h4,6-8,11H,3,5,9H2,1-2H3,(H,17,22)(H,23,24). The Balaban J connectivity index is 2.18. The molecule has 26 heavy (non-hydrogen) atoms. The number of nitro benzene ring substituents is 1. The number of nitro groups is 1. The zero-order valence-corrected chi connectivity index (χ0v) is 14.4. The molecule has 1 amide bonds. The number of non-ortho nitro benzene ring substituents is 1. The Morgan fingerprint density at radius 2 is 2.15 bits per heavy atom. The number of carboxylic acid groups (broad SMARTS) is 1. The molecule has 10 heteroatoms. The maximum absolute atomic E-state index is 12.3. The van der Waals surface area contributed by atoms with E-state index in [0.29, 0.717) is 24.2 Å². The minimum Gasteiger partial charge on any atom is -0.481 e. The summed E-state index contributed by atoms with van der Waals surface area (Å²) in [5.41, 5.74) is 0.729. The number of benzene rings is 1. The Kier molecular flexibility index (Phi) is 5.99. The summed E-state index contributed by atoms with van der Waals surface area (Å²) in [5.74, 6) is -2.18. The smallest absolute Gasteiger partial charge is 0.308 e. The molecule has 2 N–H and O–H groups in total. The first-order valence-corrected chi connectivity index (χ1v) is 8.03. The largest absolute Gasteiger partial charge is 0.481 e. The maximum Gasteiger partial charge on any atom is 0.308 e. The van der Waals surface area contributed by atoms with Crippen LogP contribution in [-0.2, 0) is 4.79 Å². The first-order valence-electron chi connectivity index (χ1n) is 8.03. The van der Waals surface area contributed by atoms with Crippen molar-refractivity contribution in [1.82, 2.24) is 20.3 Å². The van der Waals surface area contributed by atoms with Crippen LogP contribution in [0, 0.1) is 23.0 Å². The molecule has 0 bridgehead atoms. The van der Waals surface area contributed by atoms with Gasteiger partial charge in [0.25, 0.3) is 11.6 Å². The van der Waals surface area contributed by atoms with Crippen molar-refractivity contribution < 1.29 is 19.6 Å². The van der Waals surface area contributed by atoms with Crippen LogP contribution in [0.4, 0.5) is 5.69 Å². The minimum atomic E-state index is -0.968.